The van der Waals surface area contributed by atoms with Crippen molar-refractivity contribution in [3.63, 3.8) is 0 Å². The lowest BCUT2D eigenvalue weighted by molar-refractivity contribution is 0.255. The summed E-state index contributed by atoms with van der Waals surface area (Å²) in [6, 6.07) is 13.4. The molecule has 0 aliphatic carbocycles. The summed E-state index contributed by atoms with van der Waals surface area (Å²) in [6.07, 6.45) is 3.29. The van der Waals surface area contributed by atoms with Crippen LogP contribution in [-0.2, 0) is 0 Å². The van der Waals surface area contributed by atoms with Gasteiger partial charge in [0.25, 0.3) is 0 Å². The summed E-state index contributed by atoms with van der Waals surface area (Å²) >= 11 is 0. The quantitative estimate of drug-likeness (QED) is 0.807. The number of hydrogen-bond donors (Lipinski definition) is 3. The summed E-state index contributed by atoms with van der Waals surface area (Å²) in [5.41, 5.74) is 1.43. The van der Waals surface area contributed by atoms with Gasteiger partial charge in [-0.1, -0.05) is 18.2 Å². The number of ether oxygens (including phenoxy) is 1. The first-order valence-corrected chi connectivity index (χ1v) is 6.34. The van der Waals surface area contributed by atoms with E-state index < -0.39 is 0 Å². The molecule has 5 heteroatoms. The minimum absolute atomic E-state index is 0.0970. The van der Waals surface area contributed by atoms with Crippen molar-refractivity contribution in [1.29, 1.82) is 0 Å². The summed E-state index contributed by atoms with van der Waals surface area (Å²) in [5, 5.41) is 14.5. The molecule has 3 N–H and O–H groups in total. The Morgan fingerprint density at radius 3 is 2.76 bits per heavy atom. The second-order valence-electron chi connectivity index (χ2n) is 4.26. The fourth-order valence-corrected chi connectivity index (χ4v) is 1.71. The summed E-state index contributed by atoms with van der Waals surface area (Å²) in [6.45, 7) is 0. The van der Waals surface area contributed by atoms with Crippen LogP contribution in [0.15, 0.2) is 54.7 Å². The molecule has 0 aromatic heterocycles. The zero-order chi connectivity index (χ0) is 15.1. The van der Waals surface area contributed by atoms with Gasteiger partial charge in [-0.15, -0.1) is 0 Å². The van der Waals surface area contributed by atoms with Crippen LogP contribution in [0.5, 0.6) is 11.5 Å². The summed E-state index contributed by atoms with van der Waals surface area (Å²) < 4.78 is 5.12. The predicted molar refractivity (Wildman–Crippen MR) is 82.3 cm³/mol. The molecule has 0 aliphatic heterocycles. The van der Waals surface area contributed by atoms with Crippen LogP contribution < -0.4 is 15.4 Å². The number of phenols is 1. The van der Waals surface area contributed by atoms with Crippen LogP contribution in [0.1, 0.15) is 5.56 Å². The molecular formula is C16H16N2O3. The molecule has 0 radical (unpaired) electrons. The standard InChI is InChI=1S/C16H16N2O3/c1-21-15-7-2-4-12(10-15)8-9-17-16(20)18-13-5-3-6-14(19)11-13/h2-11,19H,1H3,(H2,17,18,20)/b9-8+. The predicted octanol–water partition coefficient (Wildman–Crippen LogP) is 3.19. The van der Waals surface area contributed by atoms with Crippen LogP contribution in [0, 0.1) is 0 Å². The minimum atomic E-state index is -0.389. The molecule has 0 saturated heterocycles. The van der Waals surface area contributed by atoms with Crippen LogP contribution >= 0.6 is 0 Å². The molecule has 2 aromatic rings. The van der Waals surface area contributed by atoms with Gasteiger partial charge in [0.15, 0.2) is 0 Å². The topological polar surface area (TPSA) is 70.6 Å². The molecule has 0 saturated carbocycles. The Bertz CT molecular complexity index is 653. The molecule has 0 heterocycles. The Morgan fingerprint density at radius 1 is 1.19 bits per heavy atom. The van der Waals surface area contributed by atoms with Crippen LogP contribution in [0.4, 0.5) is 10.5 Å². The molecule has 0 bridgehead atoms. The number of urea groups is 1. The van der Waals surface area contributed by atoms with Gasteiger partial charge < -0.3 is 20.5 Å². The fourth-order valence-electron chi connectivity index (χ4n) is 1.71. The van der Waals surface area contributed by atoms with E-state index >= 15 is 0 Å². The maximum atomic E-state index is 11.7. The van der Waals surface area contributed by atoms with Gasteiger partial charge in [0, 0.05) is 18.0 Å². The number of benzene rings is 2. The SMILES string of the molecule is COc1cccc(/C=C/NC(=O)Nc2cccc(O)c2)c1. The van der Waals surface area contributed by atoms with E-state index in [1.807, 2.05) is 24.3 Å². The third kappa shape index (κ3) is 4.58. The number of nitrogens with one attached hydrogen (secondary N) is 2. The average Bonchev–Trinajstić information content (AvgIpc) is 2.47. The monoisotopic (exact) mass is 284 g/mol. The van der Waals surface area contributed by atoms with Crippen molar-refractivity contribution in [2.45, 2.75) is 0 Å². The number of carbonyl (C=O) groups is 1. The molecule has 5 nitrogen and oxygen atoms in total. The van der Waals surface area contributed by atoms with E-state index in [2.05, 4.69) is 10.6 Å². The van der Waals surface area contributed by atoms with E-state index in [4.69, 9.17) is 4.74 Å². The summed E-state index contributed by atoms with van der Waals surface area (Å²) in [7, 11) is 1.60. The zero-order valence-electron chi connectivity index (χ0n) is 11.5. The van der Waals surface area contributed by atoms with Gasteiger partial charge in [-0.05, 0) is 35.9 Å². The first-order valence-electron chi connectivity index (χ1n) is 6.34. The minimum Gasteiger partial charge on any atom is -0.508 e. The highest BCUT2D eigenvalue weighted by Gasteiger charge is 1.99. The van der Waals surface area contributed by atoms with E-state index in [9.17, 15) is 9.90 Å². The number of hydrogen-bond acceptors (Lipinski definition) is 3. The molecule has 0 atom stereocenters. The van der Waals surface area contributed by atoms with Gasteiger partial charge in [0.1, 0.15) is 11.5 Å². The molecule has 2 amide bonds. The molecule has 108 valence electrons. The van der Waals surface area contributed by atoms with Crippen molar-refractivity contribution in [1.82, 2.24) is 5.32 Å². The number of phenolic OH excluding ortho intramolecular Hbond substituents is 1. The smallest absolute Gasteiger partial charge is 0.323 e. The first kappa shape index (κ1) is 14.5. The summed E-state index contributed by atoms with van der Waals surface area (Å²) in [5.74, 6) is 0.848. The molecule has 0 unspecified atom stereocenters. The third-order valence-electron chi connectivity index (χ3n) is 2.69. The largest absolute Gasteiger partial charge is 0.508 e. The second kappa shape index (κ2) is 7.00. The number of rotatable bonds is 4. The molecule has 0 aliphatic rings. The molecule has 0 fully saturated rings. The van der Waals surface area contributed by atoms with E-state index in [-0.39, 0.29) is 11.8 Å². The van der Waals surface area contributed by atoms with Gasteiger partial charge in [-0.2, -0.15) is 0 Å². The molecule has 0 spiro atoms. The van der Waals surface area contributed by atoms with E-state index in [1.54, 1.807) is 25.3 Å². The zero-order valence-corrected chi connectivity index (χ0v) is 11.5. The van der Waals surface area contributed by atoms with Crippen molar-refractivity contribution in [2.24, 2.45) is 0 Å². The van der Waals surface area contributed by atoms with E-state index in [1.165, 1.54) is 18.3 Å². The molecular weight excluding hydrogens is 268 g/mol. The highest BCUT2D eigenvalue weighted by Crippen LogP contribution is 2.15. The van der Waals surface area contributed by atoms with Gasteiger partial charge in [0.2, 0.25) is 0 Å². The Morgan fingerprint density at radius 2 is 2.00 bits per heavy atom. The molecule has 2 aromatic carbocycles. The van der Waals surface area contributed by atoms with Crippen LogP contribution in [0.25, 0.3) is 6.08 Å². The van der Waals surface area contributed by atoms with Crippen LogP contribution in [-0.4, -0.2) is 18.2 Å². The highest BCUT2D eigenvalue weighted by atomic mass is 16.5. The molecule has 2 rings (SSSR count). The highest BCUT2D eigenvalue weighted by molar-refractivity contribution is 5.90. The van der Waals surface area contributed by atoms with Crippen LogP contribution in [0.2, 0.25) is 0 Å². The number of anilines is 1. The normalized spacial score (nSPS) is 10.3. The molecule has 21 heavy (non-hydrogen) atoms. The van der Waals surface area contributed by atoms with Gasteiger partial charge in [0.05, 0.1) is 7.11 Å². The van der Waals surface area contributed by atoms with Crippen molar-refractivity contribution in [2.75, 3.05) is 12.4 Å². The first-order chi connectivity index (χ1) is 10.2. The number of amides is 2. The van der Waals surface area contributed by atoms with Crippen LogP contribution in [0.3, 0.4) is 0 Å². The van der Waals surface area contributed by atoms with E-state index in [0.717, 1.165) is 11.3 Å². The van der Waals surface area contributed by atoms with Crippen molar-refractivity contribution < 1.29 is 14.6 Å². The number of aromatic hydroxyl groups is 1. The Labute approximate surface area is 122 Å². The lowest BCUT2D eigenvalue weighted by atomic mass is 10.2. The van der Waals surface area contributed by atoms with Gasteiger partial charge in [-0.25, -0.2) is 4.79 Å². The second-order valence-corrected chi connectivity index (χ2v) is 4.26. The van der Waals surface area contributed by atoms with E-state index in [0.29, 0.717) is 5.69 Å². The maximum absolute atomic E-state index is 11.7. The Balaban J connectivity index is 1.90. The van der Waals surface area contributed by atoms with Crippen molar-refractivity contribution in [3.8, 4) is 11.5 Å². The van der Waals surface area contributed by atoms with Gasteiger partial charge >= 0.3 is 6.03 Å². The van der Waals surface area contributed by atoms with Crippen molar-refractivity contribution >= 4 is 17.8 Å². The van der Waals surface area contributed by atoms with Crippen molar-refractivity contribution in [3.05, 3.63) is 60.3 Å². The third-order valence-corrected chi connectivity index (χ3v) is 2.69. The number of methoxy groups -OCH3 is 1. The maximum Gasteiger partial charge on any atom is 0.323 e. The number of carbonyl (C=O) groups excluding carboxylic acids is 1. The lowest BCUT2D eigenvalue weighted by Gasteiger charge is -2.05. The van der Waals surface area contributed by atoms with Gasteiger partial charge in [-0.3, -0.25) is 0 Å². The Hall–Kier alpha value is -2.95. The fraction of sp³-hybridized carbons (Fsp3) is 0.0625. The summed E-state index contributed by atoms with van der Waals surface area (Å²) in [4.78, 5) is 11.7. The Kier molecular flexibility index (Phi) is 4.82. The lowest BCUT2D eigenvalue weighted by Crippen LogP contribution is -2.23. The average molecular weight is 284 g/mol.